The molecule has 0 radical (unpaired) electrons. The van der Waals surface area contributed by atoms with Gasteiger partial charge in [0.25, 0.3) is 5.91 Å². The van der Waals surface area contributed by atoms with Crippen LogP contribution in [0, 0.1) is 0 Å². The van der Waals surface area contributed by atoms with Crippen LogP contribution in [0.3, 0.4) is 0 Å². The highest BCUT2D eigenvalue weighted by Gasteiger charge is 2.04. The van der Waals surface area contributed by atoms with E-state index in [1.807, 2.05) is 34.0 Å². The molecule has 0 heterocycles. The third-order valence-corrected chi connectivity index (χ3v) is 1.56. The number of hydrogen-bond acceptors (Lipinski definition) is 1. The Morgan fingerprint density at radius 2 is 1.93 bits per heavy atom. The molecule has 1 amide bonds. The van der Waals surface area contributed by atoms with E-state index in [0.29, 0.717) is 5.84 Å². The average molecular weight is 206 g/mol. The summed E-state index contributed by atoms with van der Waals surface area (Å²) in [5.41, 5.74) is 0.771. The molecule has 0 aromatic rings. The number of amides is 1. The van der Waals surface area contributed by atoms with Gasteiger partial charge in [-0.25, -0.2) is 0 Å². The Labute approximate surface area is 91.5 Å². The van der Waals surface area contributed by atoms with Crippen molar-refractivity contribution in [1.29, 1.82) is 0 Å². The molecule has 82 valence electrons. The first kappa shape index (κ1) is 13.4. The minimum Gasteiger partial charge on any atom is -0.362 e. The maximum Gasteiger partial charge on any atom is 0.271 e. The van der Waals surface area contributed by atoms with Gasteiger partial charge in [0.1, 0.15) is 5.84 Å². The second kappa shape index (κ2) is 6.76. The maximum atomic E-state index is 11.4. The fraction of sp³-hybridized carbons (Fsp3) is 0.333. The zero-order valence-electron chi connectivity index (χ0n) is 9.82. The monoisotopic (exact) mass is 206 g/mol. The van der Waals surface area contributed by atoms with Crippen LogP contribution in [-0.2, 0) is 4.79 Å². The summed E-state index contributed by atoms with van der Waals surface area (Å²) in [4.78, 5) is 17.1. The van der Waals surface area contributed by atoms with Crippen molar-refractivity contribution >= 4 is 11.7 Å². The molecular formula is C12H18N2O. The van der Waals surface area contributed by atoms with Gasteiger partial charge in [0, 0.05) is 20.2 Å². The molecule has 0 rings (SSSR count). The zero-order valence-corrected chi connectivity index (χ0v) is 9.82. The summed E-state index contributed by atoms with van der Waals surface area (Å²) >= 11 is 0. The topological polar surface area (TPSA) is 32.7 Å². The summed E-state index contributed by atoms with van der Waals surface area (Å²) in [5.74, 6) is 0.324. The molecule has 0 bridgehead atoms. The Morgan fingerprint density at radius 1 is 1.33 bits per heavy atom. The van der Waals surface area contributed by atoms with Crippen molar-refractivity contribution in [3.8, 4) is 0 Å². The van der Waals surface area contributed by atoms with E-state index in [1.165, 1.54) is 6.08 Å². The van der Waals surface area contributed by atoms with Crippen LogP contribution in [0.25, 0.3) is 0 Å². The van der Waals surface area contributed by atoms with Crippen LogP contribution in [0.5, 0.6) is 0 Å². The number of nitrogens with zero attached hydrogens (tertiary/aromatic N) is 2. The lowest BCUT2D eigenvalue weighted by Gasteiger charge is -2.14. The average Bonchev–Trinajstić information content (AvgIpc) is 2.13. The predicted octanol–water partition coefficient (Wildman–Crippen LogP) is 2.18. The van der Waals surface area contributed by atoms with Crippen LogP contribution in [-0.4, -0.2) is 30.7 Å². The molecule has 0 aliphatic heterocycles. The summed E-state index contributed by atoms with van der Waals surface area (Å²) in [5, 5.41) is 0. The molecule has 15 heavy (non-hydrogen) atoms. The molecule has 0 saturated heterocycles. The molecule has 0 aromatic heterocycles. The number of allylic oxidation sites excluding steroid dienone is 3. The largest absolute Gasteiger partial charge is 0.362 e. The first-order valence-corrected chi connectivity index (χ1v) is 4.74. The van der Waals surface area contributed by atoms with Crippen LogP contribution in [0.1, 0.15) is 13.8 Å². The normalized spacial score (nSPS) is 12.4. The van der Waals surface area contributed by atoms with Gasteiger partial charge in [-0.2, -0.15) is 4.99 Å². The standard InChI is InChI=1S/C12H18N2O/c1-6-7-8-9-11(15)13-12(10(2)3)14(4)5/h6-9H,2H2,1,3-5H3/b7-6+,9-8+,13-12?. The number of likely N-dealkylation sites (N-methyl/N-ethyl adjacent to an activating group) is 1. The first-order valence-electron chi connectivity index (χ1n) is 4.74. The van der Waals surface area contributed by atoms with Gasteiger partial charge in [-0.1, -0.05) is 24.8 Å². The fourth-order valence-corrected chi connectivity index (χ4v) is 0.968. The number of aliphatic imine (C=N–C) groups is 1. The molecule has 0 aliphatic carbocycles. The minimum atomic E-state index is -0.278. The van der Waals surface area contributed by atoms with Crippen molar-refractivity contribution in [2.24, 2.45) is 4.99 Å². The van der Waals surface area contributed by atoms with Gasteiger partial charge in [-0.15, -0.1) is 0 Å². The van der Waals surface area contributed by atoms with E-state index in [9.17, 15) is 4.79 Å². The van der Waals surface area contributed by atoms with E-state index in [0.717, 1.165) is 5.57 Å². The minimum absolute atomic E-state index is 0.278. The van der Waals surface area contributed by atoms with Crippen molar-refractivity contribution in [3.63, 3.8) is 0 Å². The maximum absolute atomic E-state index is 11.4. The Bertz CT molecular complexity index is 323. The number of carbonyl (C=O) groups is 1. The smallest absolute Gasteiger partial charge is 0.271 e. The zero-order chi connectivity index (χ0) is 11.8. The molecular weight excluding hydrogens is 188 g/mol. The quantitative estimate of drug-likeness (QED) is 0.307. The molecule has 0 N–H and O–H groups in total. The molecule has 0 spiro atoms. The number of hydrogen-bond donors (Lipinski definition) is 0. The van der Waals surface area contributed by atoms with Crippen LogP contribution in [0.2, 0.25) is 0 Å². The summed E-state index contributed by atoms with van der Waals surface area (Å²) in [6.45, 7) is 7.47. The third-order valence-electron chi connectivity index (χ3n) is 1.56. The van der Waals surface area contributed by atoms with Crippen LogP contribution in [0.4, 0.5) is 0 Å². The Hall–Kier alpha value is -1.64. The van der Waals surface area contributed by atoms with E-state index in [2.05, 4.69) is 11.6 Å². The molecule has 0 fully saturated rings. The lowest BCUT2D eigenvalue weighted by Crippen LogP contribution is -2.23. The van der Waals surface area contributed by atoms with Crippen LogP contribution < -0.4 is 0 Å². The lowest BCUT2D eigenvalue weighted by molar-refractivity contribution is -0.113. The summed E-state index contributed by atoms with van der Waals surface area (Å²) < 4.78 is 0. The van der Waals surface area contributed by atoms with Crippen LogP contribution >= 0.6 is 0 Å². The molecule has 3 nitrogen and oxygen atoms in total. The van der Waals surface area contributed by atoms with E-state index >= 15 is 0 Å². The highest BCUT2D eigenvalue weighted by molar-refractivity contribution is 6.06. The first-order chi connectivity index (χ1) is 6.99. The Morgan fingerprint density at radius 3 is 2.33 bits per heavy atom. The van der Waals surface area contributed by atoms with Gasteiger partial charge in [0.05, 0.1) is 0 Å². The second-order valence-corrected chi connectivity index (χ2v) is 3.33. The van der Waals surface area contributed by atoms with E-state index < -0.39 is 0 Å². The molecule has 0 unspecified atom stereocenters. The molecule has 0 aromatic carbocycles. The van der Waals surface area contributed by atoms with Crippen molar-refractivity contribution in [2.45, 2.75) is 13.8 Å². The molecule has 0 saturated carbocycles. The van der Waals surface area contributed by atoms with E-state index in [1.54, 1.807) is 17.1 Å². The van der Waals surface area contributed by atoms with E-state index in [-0.39, 0.29) is 5.91 Å². The van der Waals surface area contributed by atoms with Crippen molar-refractivity contribution in [1.82, 2.24) is 4.90 Å². The summed E-state index contributed by atoms with van der Waals surface area (Å²) in [6.07, 6.45) is 6.71. The highest BCUT2D eigenvalue weighted by atomic mass is 16.1. The van der Waals surface area contributed by atoms with Gasteiger partial charge in [0.2, 0.25) is 0 Å². The van der Waals surface area contributed by atoms with Crippen molar-refractivity contribution in [2.75, 3.05) is 14.1 Å². The van der Waals surface area contributed by atoms with E-state index in [4.69, 9.17) is 0 Å². The molecule has 0 aliphatic rings. The van der Waals surface area contributed by atoms with Crippen molar-refractivity contribution < 1.29 is 4.79 Å². The SMILES string of the molecule is C=C(C)C(=NC(=O)/C=C/C=C/C)N(C)C. The number of rotatable bonds is 3. The summed E-state index contributed by atoms with van der Waals surface area (Å²) in [6, 6.07) is 0. The lowest BCUT2D eigenvalue weighted by atomic mass is 10.3. The molecule has 3 heteroatoms. The number of amidine groups is 1. The van der Waals surface area contributed by atoms with Gasteiger partial charge in [0.15, 0.2) is 0 Å². The molecule has 0 atom stereocenters. The van der Waals surface area contributed by atoms with Crippen molar-refractivity contribution in [3.05, 3.63) is 36.5 Å². The fourth-order valence-electron chi connectivity index (χ4n) is 0.968. The predicted molar refractivity (Wildman–Crippen MR) is 64.9 cm³/mol. The van der Waals surface area contributed by atoms with Gasteiger partial charge < -0.3 is 4.90 Å². The second-order valence-electron chi connectivity index (χ2n) is 3.33. The van der Waals surface area contributed by atoms with Crippen LogP contribution in [0.15, 0.2) is 41.4 Å². The Kier molecular flexibility index (Phi) is 6.02. The third kappa shape index (κ3) is 5.62. The summed E-state index contributed by atoms with van der Waals surface area (Å²) in [7, 11) is 3.66. The highest BCUT2D eigenvalue weighted by Crippen LogP contribution is 1.97. The van der Waals surface area contributed by atoms with Gasteiger partial charge in [-0.3, -0.25) is 4.79 Å². The Balaban J connectivity index is 4.70. The van der Waals surface area contributed by atoms with Gasteiger partial charge >= 0.3 is 0 Å². The van der Waals surface area contributed by atoms with Gasteiger partial charge in [-0.05, 0) is 19.4 Å². The number of carbonyl (C=O) groups excluding carboxylic acids is 1.